The Morgan fingerprint density at radius 1 is 0.950 bits per heavy atom. The molecule has 6 heteroatoms. The third-order valence-electron chi connectivity index (χ3n) is 2.91. The molecule has 2 rings (SSSR count). The average molecular weight is 275 g/mol. The minimum atomic E-state index is 0.540. The summed E-state index contributed by atoms with van der Waals surface area (Å²) in [4.78, 5) is 8.45. The first-order valence-corrected chi connectivity index (χ1v) is 6.04. The molecule has 0 saturated heterocycles. The molecule has 2 aromatic rings. The van der Waals surface area contributed by atoms with Crippen molar-refractivity contribution in [1.29, 1.82) is 0 Å². The number of methoxy groups -OCH3 is 3. The van der Waals surface area contributed by atoms with Crippen LogP contribution in [0.15, 0.2) is 24.5 Å². The second-order valence-corrected chi connectivity index (χ2v) is 3.89. The van der Waals surface area contributed by atoms with Crippen molar-refractivity contribution in [3.8, 4) is 28.5 Å². The fourth-order valence-electron chi connectivity index (χ4n) is 2.01. The van der Waals surface area contributed by atoms with Gasteiger partial charge in [-0.15, -0.1) is 0 Å². The van der Waals surface area contributed by atoms with Crippen LogP contribution < -0.4 is 19.5 Å². The van der Waals surface area contributed by atoms with Crippen molar-refractivity contribution in [1.82, 2.24) is 9.97 Å². The number of ether oxygens (including phenoxy) is 3. The fourth-order valence-corrected chi connectivity index (χ4v) is 2.01. The summed E-state index contributed by atoms with van der Waals surface area (Å²) in [6.45, 7) is 0. The molecule has 0 saturated carbocycles. The van der Waals surface area contributed by atoms with E-state index in [0.29, 0.717) is 28.8 Å². The van der Waals surface area contributed by atoms with Crippen LogP contribution in [0.3, 0.4) is 0 Å². The van der Waals surface area contributed by atoms with Crippen molar-refractivity contribution >= 4 is 5.82 Å². The second kappa shape index (κ2) is 6.10. The van der Waals surface area contributed by atoms with Gasteiger partial charge in [-0.25, -0.2) is 9.97 Å². The molecule has 1 heterocycles. The third kappa shape index (κ3) is 2.32. The third-order valence-corrected chi connectivity index (χ3v) is 2.91. The van der Waals surface area contributed by atoms with Crippen molar-refractivity contribution in [2.75, 3.05) is 33.7 Å². The highest BCUT2D eigenvalue weighted by atomic mass is 16.5. The van der Waals surface area contributed by atoms with Gasteiger partial charge in [0.2, 0.25) is 0 Å². The zero-order chi connectivity index (χ0) is 14.5. The molecule has 1 aromatic carbocycles. The van der Waals surface area contributed by atoms with Crippen molar-refractivity contribution < 1.29 is 14.2 Å². The molecule has 0 radical (unpaired) electrons. The van der Waals surface area contributed by atoms with E-state index in [0.717, 1.165) is 5.56 Å². The van der Waals surface area contributed by atoms with E-state index >= 15 is 0 Å². The van der Waals surface area contributed by atoms with Crippen LogP contribution in [0.2, 0.25) is 0 Å². The molecule has 0 aliphatic rings. The monoisotopic (exact) mass is 275 g/mol. The zero-order valence-corrected chi connectivity index (χ0v) is 11.9. The van der Waals surface area contributed by atoms with Crippen molar-refractivity contribution in [3.05, 3.63) is 24.5 Å². The lowest BCUT2D eigenvalue weighted by atomic mass is 10.1. The number of benzene rings is 1. The Kier molecular flexibility index (Phi) is 4.24. The second-order valence-electron chi connectivity index (χ2n) is 3.89. The van der Waals surface area contributed by atoms with Crippen LogP contribution in [0.4, 0.5) is 5.82 Å². The van der Waals surface area contributed by atoms with Crippen LogP contribution in [0.1, 0.15) is 0 Å². The summed E-state index contributed by atoms with van der Waals surface area (Å²) in [5.74, 6) is 2.45. The molecule has 0 unspecified atom stereocenters. The van der Waals surface area contributed by atoms with E-state index in [9.17, 15) is 0 Å². The van der Waals surface area contributed by atoms with E-state index in [4.69, 9.17) is 14.2 Å². The van der Waals surface area contributed by atoms with Crippen LogP contribution in [-0.2, 0) is 0 Å². The van der Waals surface area contributed by atoms with Crippen molar-refractivity contribution in [3.63, 3.8) is 0 Å². The van der Waals surface area contributed by atoms with Gasteiger partial charge in [0.05, 0.1) is 26.9 Å². The SMILES string of the molecule is CNc1ncnc(-c2c(OC)cccc2OC)c1OC. The highest BCUT2D eigenvalue weighted by Crippen LogP contribution is 2.43. The molecular weight excluding hydrogens is 258 g/mol. The van der Waals surface area contributed by atoms with Gasteiger partial charge >= 0.3 is 0 Å². The Hall–Kier alpha value is -2.50. The number of hydrogen-bond donors (Lipinski definition) is 1. The number of nitrogens with one attached hydrogen (secondary N) is 1. The first-order chi connectivity index (χ1) is 9.76. The van der Waals surface area contributed by atoms with Gasteiger partial charge in [-0.3, -0.25) is 0 Å². The van der Waals surface area contributed by atoms with Crippen molar-refractivity contribution in [2.24, 2.45) is 0 Å². The van der Waals surface area contributed by atoms with Gasteiger partial charge in [-0.1, -0.05) is 6.07 Å². The summed E-state index contributed by atoms with van der Waals surface area (Å²) < 4.78 is 16.2. The molecule has 1 N–H and O–H groups in total. The van der Waals surface area contributed by atoms with E-state index in [1.54, 1.807) is 28.4 Å². The summed E-state index contributed by atoms with van der Waals surface area (Å²) in [5.41, 5.74) is 1.34. The minimum absolute atomic E-state index is 0.540. The zero-order valence-electron chi connectivity index (χ0n) is 11.9. The van der Waals surface area contributed by atoms with Crippen LogP contribution in [0.5, 0.6) is 17.2 Å². The standard InChI is InChI=1S/C14H17N3O3/c1-15-14-13(20-4)12(16-8-17-14)11-9(18-2)6-5-7-10(11)19-3/h5-8H,1-4H3,(H,15,16,17). The van der Waals surface area contributed by atoms with Crippen LogP contribution in [0, 0.1) is 0 Å². The largest absolute Gasteiger partial charge is 0.496 e. The van der Waals surface area contributed by atoms with Gasteiger partial charge in [0, 0.05) is 7.05 Å². The summed E-state index contributed by atoms with van der Waals surface area (Å²) in [5, 5.41) is 2.97. The molecule has 6 nitrogen and oxygen atoms in total. The quantitative estimate of drug-likeness (QED) is 0.902. The summed E-state index contributed by atoms with van der Waals surface area (Å²) in [6, 6.07) is 5.55. The molecule has 0 amide bonds. The molecule has 0 fully saturated rings. The van der Waals surface area contributed by atoms with Crippen LogP contribution in [0.25, 0.3) is 11.3 Å². The number of aromatic nitrogens is 2. The smallest absolute Gasteiger partial charge is 0.187 e. The van der Waals surface area contributed by atoms with E-state index in [-0.39, 0.29) is 0 Å². The Balaban J connectivity index is 2.74. The van der Waals surface area contributed by atoms with Crippen molar-refractivity contribution in [2.45, 2.75) is 0 Å². The minimum Gasteiger partial charge on any atom is -0.496 e. The van der Waals surface area contributed by atoms with E-state index in [2.05, 4.69) is 15.3 Å². The van der Waals surface area contributed by atoms with Gasteiger partial charge in [-0.2, -0.15) is 0 Å². The van der Waals surface area contributed by atoms with E-state index in [1.165, 1.54) is 6.33 Å². The molecule has 0 aliphatic heterocycles. The Morgan fingerprint density at radius 3 is 2.10 bits per heavy atom. The summed E-state index contributed by atoms with van der Waals surface area (Å²) >= 11 is 0. The average Bonchev–Trinajstić information content (AvgIpc) is 2.52. The lowest BCUT2D eigenvalue weighted by molar-refractivity contribution is 0.393. The van der Waals surface area contributed by atoms with Gasteiger partial charge in [0.15, 0.2) is 11.6 Å². The first kappa shape index (κ1) is 13.9. The molecule has 1 aromatic heterocycles. The number of anilines is 1. The lowest BCUT2D eigenvalue weighted by Crippen LogP contribution is -2.02. The fraction of sp³-hybridized carbons (Fsp3) is 0.286. The predicted molar refractivity (Wildman–Crippen MR) is 76.7 cm³/mol. The number of nitrogens with zero attached hydrogens (tertiary/aromatic N) is 2. The van der Waals surface area contributed by atoms with Gasteiger partial charge in [0.1, 0.15) is 23.5 Å². The molecular formula is C14H17N3O3. The predicted octanol–water partition coefficient (Wildman–Crippen LogP) is 2.21. The Bertz CT molecular complexity index is 580. The maximum absolute atomic E-state index is 5.42. The van der Waals surface area contributed by atoms with Crippen LogP contribution >= 0.6 is 0 Å². The molecule has 0 aliphatic carbocycles. The normalized spacial score (nSPS) is 10.0. The molecule has 0 spiro atoms. The molecule has 0 bridgehead atoms. The van der Waals surface area contributed by atoms with Gasteiger partial charge in [-0.05, 0) is 12.1 Å². The lowest BCUT2D eigenvalue weighted by Gasteiger charge is -2.16. The van der Waals surface area contributed by atoms with Crippen LogP contribution in [-0.4, -0.2) is 38.3 Å². The van der Waals surface area contributed by atoms with E-state index in [1.807, 2.05) is 18.2 Å². The first-order valence-electron chi connectivity index (χ1n) is 6.04. The summed E-state index contributed by atoms with van der Waals surface area (Å²) in [7, 11) is 6.55. The highest BCUT2D eigenvalue weighted by molar-refractivity contribution is 5.81. The highest BCUT2D eigenvalue weighted by Gasteiger charge is 2.20. The molecule has 0 atom stereocenters. The van der Waals surface area contributed by atoms with Gasteiger partial charge < -0.3 is 19.5 Å². The summed E-state index contributed by atoms with van der Waals surface area (Å²) in [6.07, 6.45) is 1.47. The molecule has 20 heavy (non-hydrogen) atoms. The van der Waals surface area contributed by atoms with Gasteiger partial charge in [0.25, 0.3) is 0 Å². The van der Waals surface area contributed by atoms with E-state index < -0.39 is 0 Å². The maximum Gasteiger partial charge on any atom is 0.187 e. The number of hydrogen-bond acceptors (Lipinski definition) is 6. The Morgan fingerprint density at radius 2 is 1.60 bits per heavy atom. The maximum atomic E-state index is 5.42. The topological polar surface area (TPSA) is 65.5 Å². The Labute approximate surface area is 117 Å². The molecule has 106 valence electrons. The number of rotatable bonds is 5.